The van der Waals surface area contributed by atoms with E-state index in [0.29, 0.717) is 61.6 Å². The number of fused-ring (bicyclic) bond motifs is 1. The second kappa shape index (κ2) is 11.0. The third kappa shape index (κ3) is 5.55. The van der Waals surface area contributed by atoms with E-state index in [1.54, 1.807) is 12.1 Å². The number of amides is 1. The lowest BCUT2D eigenvalue weighted by Gasteiger charge is -2.30. The molecule has 36 heavy (non-hydrogen) atoms. The number of aliphatic hydroxyl groups excluding tert-OH is 1. The van der Waals surface area contributed by atoms with E-state index in [4.69, 9.17) is 9.47 Å². The van der Waals surface area contributed by atoms with E-state index in [1.807, 2.05) is 6.07 Å². The molecular formula is C28H33FN2O5. The number of hydrogen-bond donors (Lipinski definition) is 2. The van der Waals surface area contributed by atoms with Gasteiger partial charge in [0.25, 0.3) is 0 Å². The molecule has 8 heteroatoms. The first-order valence-electron chi connectivity index (χ1n) is 12.9. The minimum absolute atomic E-state index is 0.0461. The first-order valence-corrected chi connectivity index (χ1v) is 12.9. The lowest BCUT2D eigenvalue weighted by atomic mass is 9.94. The summed E-state index contributed by atoms with van der Waals surface area (Å²) >= 11 is 0. The molecular weight excluding hydrogens is 463 g/mol. The summed E-state index contributed by atoms with van der Waals surface area (Å²) in [6.45, 7) is 3.39. The number of nitrogens with one attached hydrogen (secondary N) is 1. The second-order valence-electron chi connectivity index (χ2n) is 10.0. The predicted octanol–water partition coefficient (Wildman–Crippen LogP) is 3.51. The van der Waals surface area contributed by atoms with Crippen LogP contribution in [0.2, 0.25) is 0 Å². The molecule has 0 unspecified atom stereocenters. The molecule has 4 atom stereocenters. The second-order valence-corrected chi connectivity index (χ2v) is 10.0. The fourth-order valence-electron chi connectivity index (χ4n) is 5.55. The van der Waals surface area contributed by atoms with Crippen LogP contribution in [0.5, 0.6) is 11.5 Å². The summed E-state index contributed by atoms with van der Waals surface area (Å²) in [4.78, 5) is 28.4. The SMILES string of the molecule is O=C(N[C@H](CN1CCCC1)[C@H](O)c1ccc2c(c1)OCCO2)[C@H]1CC[C@@H](C(=O)c2ccc(F)cc2)C1. The molecule has 5 rings (SSSR count). The average molecular weight is 497 g/mol. The van der Waals surface area contributed by atoms with Crippen molar-refractivity contribution in [3.05, 3.63) is 59.4 Å². The molecule has 2 fully saturated rings. The predicted molar refractivity (Wildman–Crippen MR) is 132 cm³/mol. The van der Waals surface area contributed by atoms with Crippen LogP contribution in [0, 0.1) is 17.7 Å². The molecule has 2 heterocycles. The summed E-state index contributed by atoms with van der Waals surface area (Å²) in [5.74, 6) is 0.136. The highest BCUT2D eigenvalue weighted by molar-refractivity contribution is 5.98. The van der Waals surface area contributed by atoms with Gasteiger partial charge in [0.15, 0.2) is 17.3 Å². The van der Waals surface area contributed by atoms with Crippen molar-refractivity contribution in [3.8, 4) is 11.5 Å². The lowest BCUT2D eigenvalue weighted by Crippen LogP contribution is -2.48. The number of nitrogens with zero attached hydrogens (tertiary/aromatic N) is 1. The van der Waals surface area contributed by atoms with Gasteiger partial charge in [-0.15, -0.1) is 0 Å². The zero-order valence-electron chi connectivity index (χ0n) is 20.3. The van der Waals surface area contributed by atoms with Crippen LogP contribution in [0.1, 0.15) is 54.1 Å². The maximum Gasteiger partial charge on any atom is 0.223 e. The third-order valence-electron chi connectivity index (χ3n) is 7.57. The van der Waals surface area contributed by atoms with E-state index >= 15 is 0 Å². The smallest absolute Gasteiger partial charge is 0.223 e. The van der Waals surface area contributed by atoms with E-state index in [9.17, 15) is 19.1 Å². The van der Waals surface area contributed by atoms with Crippen LogP contribution < -0.4 is 14.8 Å². The minimum atomic E-state index is -0.913. The van der Waals surface area contributed by atoms with Crippen molar-refractivity contribution in [2.24, 2.45) is 11.8 Å². The number of hydrogen-bond acceptors (Lipinski definition) is 6. The Kier molecular flexibility index (Phi) is 7.53. The van der Waals surface area contributed by atoms with Gasteiger partial charge in [0.1, 0.15) is 25.1 Å². The van der Waals surface area contributed by atoms with Crippen molar-refractivity contribution in [2.45, 2.75) is 44.2 Å². The zero-order chi connectivity index (χ0) is 25.1. The van der Waals surface area contributed by atoms with Gasteiger partial charge in [0.05, 0.1) is 6.04 Å². The molecule has 1 amide bonds. The van der Waals surface area contributed by atoms with Gasteiger partial charge >= 0.3 is 0 Å². The monoisotopic (exact) mass is 496 g/mol. The number of Topliss-reactive ketones (excluding diaryl/α,β-unsaturated/α-hetero) is 1. The summed E-state index contributed by atoms with van der Waals surface area (Å²) < 4.78 is 24.5. The standard InChI is InChI=1S/C28H33FN2O5/c29-22-8-5-18(6-9-22)26(32)19-3-4-21(15-19)28(34)30-23(17-31-11-1-2-12-31)27(33)20-7-10-24-25(16-20)36-14-13-35-24/h5-10,16,19,21,23,27,33H,1-4,11-15,17H2,(H,30,34)/t19-,21+,23-,27-/m1/s1. The highest BCUT2D eigenvalue weighted by Gasteiger charge is 2.36. The fourth-order valence-corrected chi connectivity index (χ4v) is 5.55. The van der Waals surface area contributed by atoms with E-state index in [-0.39, 0.29) is 29.3 Å². The summed E-state index contributed by atoms with van der Waals surface area (Å²) in [7, 11) is 0. The van der Waals surface area contributed by atoms with Gasteiger partial charge in [0.2, 0.25) is 5.91 Å². The Morgan fingerprint density at radius 1 is 1.00 bits per heavy atom. The van der Waals surface area contributed by atoms with Crippen LogP contribution in [0.15, 0.2) is 42.5 Å². The Morgan fingerprint density at radius 2 is 1.69 bits per heavy atom. The number of benzene rings is 2. The van der Waals surface area contributed by atoms with Crippen LogP contribution >= 0.6 is 0 Å². The topological polar surface area (TPSA) is 88.1 Å². The van der Waals surface area contributed by atoms with E-state index in [1.165, 1.54) is 24.3 Å². The van der Waals surface area contributed by atoms with Crippen LogP contribution in [0.25, 0.3) is 0 Å². The number of carbonyl (C=O) groups excluding carboxylic acids is 2. The normalized spacial score (nSPS) is 23.3. The van der Waals surface area contributed by atoms with Crippen molar-refractivity contribution < 1.29 is 28.6 Å². The molecule has 2 aromatic carbocycles. The Balaban J connectivity index is 1.26. The molecule has 1 aliphatic carbocycles. The maximum atomic E-state index is 13.3. The first-order chi connectivity index (χ1) is 17.5. The summed E-state index contributed by atoms with van der Waals surface area (Å²) in [5.41, 5.74) is 1.14. The quantitative estimate of drug-likeness (QED) is 0.544. The average Bonchev–Trinajstić information content (AvgIpc) is 3.60. The van der Waals surface area contributed by atoms with Crippen molar-refractivity contribution in [1.82, 2.24) is 10.2 Å². The Morgan fingerprint density at radius 3 is 2.44 bits per heavy atom. The van der Waals surface area contributed by atoms with Gasteiger partial charge in [0, 0.05) is 23.9 Å². The van der Waals surface area contributed by atoms with E-state index in [2.05, 4.69) is 10.2 Å². The van der Waals surface area contributed by atoms with Crippen molar-refractivity contribution >= 4 is 11.7 Å². The molecule has 0 spiro atoms. The molecule has 1 saturated heterocycles. The molecule has 0 aromatic heterocycles. The van der Waals surface area contributed by atoms with Crippen LogP contribution in [0.3, 0.4) is 0 Å². The summed E-state index contributed by atoms with van der Waals surface area (Å²) in [6, 6.07) is 10.5. The molecule has 1 saturated carbocycles. The summed E-state index contributed by atoms with van der Waals surface area (Å²) in [6.07, 6.45) is 2.99. The molecule has 0 radical (unpaired) electrons. The van der Waals surface area contributed by atoms with Crippen molar-refractivity contribution in [1.29, 1.82) is 0 Å². The van der Waals surface area contributed by atoms with Gasteiger partial charge in [-0.1, -0.05) is 6.07 Å². The van der Waals surface area contributed by atoms with Gasteiger partial charge in [-0.2, -0.15) is 0 Å². The molecule has 2 N–H and O–H groups in total. The Bertz CT molecular complexity index is 1090. The van der Waals surface area contributed by atoms with Gasteiger partial charge in [-0.3, -0.25) is 9.59 Å². The maximum absolute atomic E-state index is 13.3. The number of carbonyl (C=O) groups is 2. The molecule has 2 aromatic rings. The van der Waals surface area contributed by atoms with Crippen molar-refractivity contribution in [2.75, 3.05) is 32.8 Å². The number of halogens is 1. The fraction of sp³-hybridized carbons (Fsp3) is 0.500. The van der Waals surface area contributed by atoms with Gasteiger partial charge in [-0.05, 0) is 87.2 Å². The molecule has 0 bridgehead atoms. The molecule has 3 aliphatic rings. The van der Waals surface area contributed by atoms with Crippen LogP contribution in [-0.2, 0) is 4.79 Å². The van der Waals surface area contributed by atoms with Crippen LogP contribution in [-0.4, -0.2) is 60.6 Å². The first kappa shape index (κ1) is 24.7. The highest BCUT2D eigenvalue weighted by atomic mass is 19.1. The lowest BCUT2D eigenvalue weighted by molar-refractivity contribution is -0.126. The zero-order valence-corrected chi connectivity index (χ0v) is 20.3. The minimum Gasteiger partial charge on any atom is -0.486 e. The number of likely N-dealkylation sites (tertiary alicyclic amines) is 1. The molecule has 192 valence electrons. The number of aliphatic hydroxyl groups is 1. The Labute approximate surface area is 210 Å². The molecule has 7 nitrogen and oxygen atoms in total. The Hall–Kier alpha value is -2.97. The van der Waals surface area contributed by atoms with E-state index < -0.39 is 12.1 Å². The van der Waals surface area contributed by atoms with E-state index in [0.717, 1.165) is 25.9 Å². The third-order valence-corrected chi connectivity index (χ3v) is 7.57. The molecule has 2 aliphatic heterocycles. The summed E-state index contributed by atoms with van der Waals surface area (Å²) in [5, 5.41) is 14.4. The number of ketones is 1. The number of rotatable bonds is 8. The van der Waals surface area contributed by atoms with Crippen molar-refractivity contribution in [3.63, 3.8) is 0 Å². The van der Waals surface area contributed by atoms with Gasteiger partial charge < -0.3 is 24.8 Å². The highest BCUT2D eigenvalue weighted by Crippen LogP contribution is 2.35. The largest absolute Gasteiger partial charge is 0.486 e. The van der Waals surface area contributed by atoms with Gasteiger partial charge in [-0.25, -0.2) is 4.39 Å². The number of ether oxygens (including phenoxy) is 2. The van der Waals surface area contributed by atoms with Crippen LogP contribution in [0.4, 0.5) is 4.39 Å².